The van der Waals surface area contributed by atoms with Gasteiger partial charge in [-0.3, -0.25) is 25.0 Å². The summed E-state index contributed by atoms with van der Waals surface area (Å²) in [6, 6.07) is 4.66. The van der Waals surface area contributed by atoms with E-state index in [0.29, 0.717) is 17.7 Å². The maximum Gasteiger partial charge on any atom is 0.328 e. The largest absolute Gasteiger partial charge is 0.508 e. The number of benzene rings is 2. The van der Waals surface area contributed by atoms with Crippen molar-refractivity contribution in [3.05, 3.63) is 68.0 Å². The number of amides is 1. The first kappa shape index (κ1) is 26.0. The van der Waals surface area contributed by atoms with E-state index in [1.54, 1.807) is 26.0 Å². The van der Waals surface area contributed by atoms with Gasteiger partial charge in [-0.15, -0.1) is 0 Å². The van der Waals surface area contributed by atoms with Crippen LogP contribution in [0.4, 0.5) is 21.5 Å². The van der Waals surface area contributed by atoms with Crippen molar-refractivity contribution < 1.29 is 33.7 Å². The lowest BCUT2D eigenvalue weighted by Crippen LogP contribution is -2.50. The number of carbonyl (C=O) groups is 2. The number of nitro groups is 2. The first-order valence-electron chi connectivity index (χ1n) is 9.99. The van der Waals surface area contributed by atoms with Crippen LogP contribution in [-0.4, -0.2) is 46.0 Å². The number of phenols is 1. The average molecular weight is 478 g/mol. The Morgan fingerprint density at radius 2 is 1.68 bits per heavy atom. The van der Waals surface area contributed by atoms with Crippen molar-refractivity contribution in [2.45, 2.75) is 32.4 Å². The Labute approximate surface area is 193 Å². The molecular formula is C21H23FN4O8. The zero-order valence-corrected chi connectivity index (χ0v) is 18.5. The Kier molecular flexibility index (Phi) is 8.42. The van der Waals surface area contributed by atoms with E-state index in [4.69, 9.17) is 4.74 Å². The number of anilines is 1. The van der Waals surface area contributed by atoms with Crippen molar-refractivity contribution >= 4 is 28.9 Å². The zero-order valence-electron chi connectivity index (χ0n) is 18.5. The van der Waals surface area contributed by atoms with Crippen LogP contribution in [0.15, 0.2) is 36.4 Å². The molecule has 0 unspecified atom stereocenters. The van der Waals surface area contributed by atoms with Gasteiger partial charge in [0, 0.05) is 12.5 Å². The summed E-state index contributed by atoms with van der Waals surface area (Å²) in [6.07, 6.45) is 0.0236. The van der Waals surface area contributed by atoms with Gasteiger partial charge in [0.15, 0.2) is 0 Å². The summed E-state index contributed by atoms with van der Waals surface area (Å²) in [4.78, 5) is 45.6. The van der Waals surface area contributed by atoms with E-state index in [1.165, 1.54) is 12.1 Å². The molecule has 0 aromatic heterocycles. The van der Waals surface area contributed by atoms with Crippen molar-refractivity contribution in [2.24, 2.45) is 5.92 Å². The van der Waals surface area contributed by atoms with Gasteiger partial charge in [0.25, 0.3) is 5.69 Å². The summed E-state index contributed by atoms with van der Waals surface area (Å²) in [5, 5.41) is 36.8. The minimum Gasteiger partial charge on any atom is -0.508 e. The number of hydrogen-bond donors (Lipinski definition) is 3. The first-order valence-corrected chi connectivity index (χ1v) is 9.99. The fourth-order valence-corrected chi connectivity index (χ4v) is 3.12. The Balaban J connectivity index is 2.33. The number of aromatic hydroxyl groups is 1. The van der Waals surface area contributed by atoms with Crippen molar-refractivity contribution in [2.75, 3.05) is 12.4 Å². The van der Waals surface area contributed by atoms with Gasteiger partial charge in [-0.1, -0.05) is 26.0 Å². The minimum atomic E-state index is -1.32. The van der Waals surface area contributed by atoms with Gasteiger partial charge in [0.2, 0.25) is 11.7 Å². The van der Waals surface area contributed by atoms with Crippen LogP contribution in [0, 0.1) is 32.0 Å². The topological polar surface area (TPSA) is 174 Å². The number of methoxy groups -OCH3 is 1. The molecule has 12 nitrogen and oxygen atoms in total. The van der Waals surface area contributed by atoms with Gasteiger partial charge in [-0.05, 0) is 23.6 Å². The number of nitro benzene ring substituents is 2. The third-order valence-corrected chi connectivity index (χ3v) is 4.90. The van der Waals surface area contributed by atoms with E-state index >= 15 is 0 Å². The minimum absolute atomic E-state index is 0.0170. The van der Waals surface area contributed by atoms with E-state index in [0.717, 1.165) is 7.11 Å². The molecule has 0 radical (unpaired) electrons. The van der Waals surface area contributed by atoms with Crippen molar-refractivity contribution in [3.8, 4) is 5.75 Å². The first-order chi connectivity index (χ1) is 15.9. The monoisotopic (exact) mass is 478 g/mol. The van der Waals surface area contributed by atoms with Gasteiger partial charge in [-0.25, -0.2) is 4.79 Å². The van der Waals surface area contributed by atoms with Crippen LogP contribution in [0.3, 0.4) is 0 Å². The molecular weight excluding hydrogens is 455 g/mol. The number of rotatable bonds is 10. The molecule has 13 heteroatoms. The number of phenolic OH excluding ortho intramolecular Hbond substituents is 1. The second-order valence-electron chi connectivity index (χ2n) is 7.66. The Bertz CT molecular complexity index is 1090. The van der Waals surface area contributed by atoms with E-state index in [1.807, 2.05) is 0 Å². The molecule has 2 aromatic carbocycles. The lowest BCUT2D eigenvalue weighted by Gasteiger charge is -2.25. The predicted octanol–water partition coefficient (Wildman–Crippen LogP) is 2.68. The number of nitrogens with zero attached hydrogens (tertiary/aromatic N) is 2. The normalized spacial score (nSPS) is 12.5. The van der Waals surface area contributed by atoms with Crippen LogP contribution in [-0.2, 0) is 20.7 Å². The average Bonchev–Trinajstić information content (AvgIpc) is 2.77. The van der Waals surface area contributed by atoms with Crippen molar-refractivity contribution in [3.63, 3.8) is 0 Å². The summed E-state index contributed by atoms with van der Waals surface area (Å²) in [5.41, 5.74) is -1.70. The molecule has 2 aromatic rings. The predicted molar refractivity (Wildman–Crippen MR) is 118 cm³/mol. The van der Waals surface area contributed by atoms with Crippen LogP contribution in [0.5, 0.6) is 5.75 Å². The van der Waals surface area contributed by atoms with Gasteiger partial charge in [-0.2, -0.15) is 4.39 Å². The number of hydrogen-bond acceptors (Lipinski definition) is 9. The van der Waals surface area contributed by atoms with Gasteiger partial charge >= 0.3 is 11.7 Å². The smallest absolute Gasteiger partial charge is 0.328 e. The molecule has 3 N–H and O–H groups in total. The number of ether oxygens (including phenoxy) is 1. The Morgan fingerprint density at radius 3 is 2.18 bits per heavy atom. The summed E-state index contributed by atoms with van der Waals surface area (Å²) < 4.78 is 18.9. The molecule has 1 amide bonds. The van der Waals surface area contributed by atoms with Crippen molar-refractivity contribution in [1.29, 1.82) is 0 Å². The summed E-state index contributed by atoms with van der Waals surface area (Å²) in [5.74, 6) is -3.29. The zero-order chi connectivity index (χ0) is 25.6. The molecule has 0 bridgehead atoms. The molecule has 182 valence electrons. The lowest BCUT2D eigenvalue weighted by atomic mass is 10.0. The van der Waals surface area contributed by atoms with Gasteiger partial charge in [0.1, 0.15) is 23.5 Å². The quantitative estimate of drug-likeness (QED) is 0.263. The van der Waals surface area contributed by atoms with Gasteiger partial charge in [0.05, 0.1) is 23.0 Å². The molecule has 2 rings (SSSR count). The summed E-state index contributed by atoms with van der Waals surface area (Å²) in [6.45, 7) is 3.22. The highest BCUT2D eigenvalue weighted by atomic mass is 19.1. The van der Waals surface area contributed by atoms with Crippen molar-refractivity contribution in [1.82, 2.24) is 5.32 Å². The standard InChI is InChI=1S/C21H23FN4O8/c1-11(2)19(23-15-9-14(22)17(25(30)31)10-18(15)26(32)33)20(28)24-16(21(29)34-3)8-12-4-6-13(27)7-5-12/h4-7,9-11,16,19,23,27H,8H2,1-3H3,(H,24,28)/t16-,19-/m0/s1. The summed E-state index contributed by atoms with van der Waals surface area (Å²) >= 11 is 0. The molecule has 0 saturated carbocycles. The van der Waals surface area contributed by atoms with E-state index in [2.05, 4.69) is 10.6 Å². The SMILES string of the molecule is COC(=O)[C@H](Cc1ccc(O)cc1)NC(=O)[C@@H](Nc1cc(F)c([N+](=O)[O-])cc1[N+](=O)[O-])C(C)C. The van der Waals surface area contributed by atoms with Gasteiger partial charge < -0.3 is 20.5 Å². The number of nitrogens with one attached hydrogen (secondary N) is 2. The molecule has 0 aliphatic carbocycles. The molecule has 0 aliphatic rings. The third kappa shape index (κ3) is 6.37. The fourth-order valence-electron chi connectivity index (χ4n) is 3.12. The molecule has 0 fully saturated rings. The molecule has 2 atom stereocenters. The third-order valence-electron chi connectivity index (χ3n) is 4.90. The molecule has 0 spiro atoms. The number of carbonyl (C=O) groups excluding carboxylic acids is 2. The van der Waals surface area contributed by atoms with Crippen LogP contribution in [0.2, 0.25) is 0 Å². The highest BCUT2D eigenvalue weighted by Gasteiger charge is 2.32. The summed E-state index contributed by atoms with van der Waals surface area (Å²) in [7, 11) is 1.14. The Morgan fingerprint density at radius 1 is 1.09 bits per heavy atom. The van der Waals surface area contributed by atoms with Crippen LogP contribution >= 0.6 is 0 Å². The fraction of sp³-hybridized carbons (Fsp3) is 0.333. The molecule has 0 saturated heterocycles. The van der Waals surface area contributed by atoms with Crippen LogP contribution < -0.4 is 10.6 Å². The molecule has 34 heavy (non-hydrogen) atoms. The second-order valence-corrected chi connectivity index (χ2v) is 7.66. The number of halogens is 1. The highest BCUT2D eigenvalue weighted by molar-refractivity contribution is 5.90. The second kappa shape index (κ2) is 11.0. The highest BCUT2D eigenvalue weighted by Crippen LogP contribution is 2.32. The van der Waals surface area contributed by atoms with Crippen LogP contribution in [0.1, 0.15) is 19.4 Å². The molecule has 0 heterocycles. The lowest BCUT2D eigenvalue weighted by molar-refractivity contribution is -0.395. The van der Waals surface area contributed by atoms with E-state index in [-0.39, 0.29) is 12.2 Å². The van der Waals surface area contributed by atoms with E-state index < -0.39 is 62.6 Å². The van der Waals surface area contributed by atoms with Crippen LogP contribution in [0.25, 0.3) is 0 Å². The van der Waals surface area contributed by atoms with E-state index in [9.17, 15) is 39.3 Å². The Hall–Kier alpha value is -4.29. The number of esters is 1. The molecule has 0 aliphatic heterocycles. The maximum atomic E-state index is 14.1. The maximum absolute atomic E-state index is 14.1.